The standard InChI is InChI=1S/C7H5BrClN3/c1-4-10-7-6(8)2-5(9)3-12(7)11-4/h2-3H,1H3. The number of rotatable bonds is 0. The number of fused-ring (bicyclic) bond motifs is 1. The zero-order chi connectivity index (χ0) is 8.72. The van der Waals surface area contributed by atoms with E-state index < -0.39 is 0 Å². The van der Waals surface area contributed by atoms with Gasteiger partial charge in [-0.2, -0.15) is 5.10 Å². The first-order chi connectivity index (χ1) is 5.66. The molecular weight excluding hydrogens is 241 g/mol. The van der Waals surface area contributed by atoms with E-state index in [4.69, 9.17) is 11.6 Å². The summed E-state index contributed by atoms with van der Waals surface area (Å²) in [5, 5.41) is 4.76. The Morgan fingerprint density at radius 3 is 3.08 bits per heavy atom. The van der Waals surface area contributed by atoms with E-state index in [1.165, 1.54) is 0 Å². The highest BCUT2D eigenvalue weighted by molar-refractivity contribution is 9.10. The molecule has 0 unspecified atom stereocenters. The lowest BCUT2D eigenvalue weighted by atomic mass is 10.5. The van der Waals surface area contributed by atoms with Crippen LogP contribution in [-0.4, -0.2) is 14.6 Å². The number of hydrogen-bond donors (Lipinski definition) is 0. The van der Waals surface area contributed by atoms with Gasteiger partial charge in [-0.15, -0.1) is 0 Å². The first-order valence-electron chi connectivity index (χ1n) is 3.35. The summed E-state index contributed by atoms with van der Waals surface area (Å²) in [4.78, 5) is 4.20. The van der Waals surface area contributed by atoms with Gasteiger partial charge in [-0.05, 0) is 28.9 Å². The predicted molar refractivity (Wildman–Crippen MR) is 50.4 cm³/mol. The summed E-state index contributed by atoms with van der Waals surface area (Å²) >= 11 is 9.17. The molecule has 0 amide bonds. The number of aryl methyl sites for hydroxylation is 1. The number of nitrogens with zero attached hydrogens (tertiary/aromatic N) is 3. The van der Waals surface area contributed by atoms with Gasteiger partial charge >= 0.3 is 0 Å². The molecule has 0 aliphatic rings. The van der Waals surface area contributed by atoms with Crippen LogP contribution in [0.5, 0.6) is 0 Å². The Labute approximate surface area is 82.5 Å². The number of halogens is 2. The lowest BCUT2D eigenvalue weighted by molar-refractivity contribution is 0.929. The van der Waals surface area contributed by atoms with Gasteiger partial charge in [0.15, 0.2) is 5.65 Å². The highest BCUT2D eigenvalue weighted by Gasteiger charge is 2.04. The van der Waals surface area contributed by atoms with Crippen molar-refractivity contribution in [3.8, 4) is 0 Å². The van der Waals surface area contributed by atoms with E-state index >= 15 is 0 Å². The first-order valence-corrected chi connectivity index (χ1v) is 4.52. The monoisotopic (exact) mass is 245 g/mol. The third kappa shape index (κ3) is 1.21. The average Bonchev–Trinajstić information content (AvgIpc) is 2.29. The first kappa shape index (κ1) is 8.01. The molecule has 0 saturated carbocycles. The van der Waals surface area contributed by atoms with Gasteiger partial charge < -0.3 is 0 Å². The summed E-state index contributed by atoms with van der Waals surface area (Å²) in [7, 11) is 0. The quantitative estimate of drug-likeness (QED) is 0.715. The third-order valence-electron chi connectivity index (χ3n) is 1.46. The molecule has 2 heterocycles. The molecule has 0 N–H and O–H groups in total. The van der Waals surface area contributed by atoms with Crippen LogP contribution in [-0.2, 0) is 0 Å². The number of pyridine rings is 1. The van der Waals surface area contributed by atoms with E-state index in [-0.39, 0.29) is 0 Å². The molecule has 0 bridgehead atoms. The molecule has 2 aromatic heterocycles. The van der Waals surface area contributed by atoms with Crippen LogP contribution in [0.1, 0.15) is 5.82 Å². The molecule has 12 heavy (non-hydrogen) atoms. The second kappa shape index (κ2) is 2.71. The van der Waals surface area contributed by atoms with E-state index in [0.717, 1.165) is 15.9 Å². The summed E-state index contributed by atoms with van der Waals surface area (Å²) in [5.74, 6) is 0.734. The van der Waals surface area contributed by atoms with Gasteiger partial charge in [0.05, 0.1) is 9.50 Å². The van der Waals surface area contributed by atoms with E-state index in [1.54, 1.807) is 16.8 Å². The van der Waals surface area contributed by atoms with E-state index in [9.17, 15) is 0 Å². The molecule has 0 spiro atoms. The molecule has 0 atom stereocenters. The van der Waals surface area contributed by atoms with Gasteiger partial charge in [-0.3, -0.25) is 0 Å². The van der Waals surface area contributed by atoms with E-state index in [0.29, 0.717) is 5.02 Å². The highest BCUT2D eigenvalue weighted by atomic mass is 79.9. The van der Waals surface area contributed by atoms with Crippen molar-refractivity contribution in [1.82, 2.24) is 14.6 Å². The fourth-order valence-corrected chi connectivity index (χ4v) is 1.87. The van der Waals surface area contributed by atoms with Gasteiger partial charge in [0.25, 0.3) is 0 Å². The minimum absolute atomic E-state index is 0.638. The fraction of sp³-hybridized carbons (Fsp3) is 0.143. The van der Waals surface area contributed by atoms with Gasteiger partial charge in [0.2, 0.25) is 0 Å². The van der Waals surface area contributed by atoms with E-state index in [1.807, 2.05) is 6.92 Å². The van der Waals surface area contributed by atoms with Crippen molar-refractivity contribution < 1.29 is 0 Å². The van der Waals surface area contributed by atoms with E-state index in [2.05, 4.69) is 26.0 Å². The lowest BCUT2D eigenvalue weighted by Crippen LogP contribution is -1.87. The molecule has 0 saturated heterocycles. The molecular formula is C7H5BrClN3. The Bertz CT molecular complexity index is 437. The average molecular weight is 246 g/mol. The smallest absolute Gasteiger partial charge is 0.169 e. The van der Waals surface area contributed by atoms with Crippen LogP contribution in [0.25, 0.3) is 5.65 Å². The van der Waals surface area contributed by atoms with Gasteiger partial charge in [-0.1, -0.05) is 11.6 Å². The fourth-order valence-electron chi connectivity index (χ4n) is 1.02. The number of aromatic nitrogens is 3. The van der Waals surface area contributed by atoms with Crippen molar-refractivity contribution in [1.29, 1.82) is 0 Å². The Kier molecular flexibility index (Phi) is 1.81. The van der Waals surface area contributed by atoms with Crippen LogP contribution in [0.15, 0.2) is 16.7 Å². The molecule has 5 heteroatoms. The third-order valence-corrected chi connectivity index (χ3v) is 2.25. The topological polar surface area (TPSA) is 30.2 Å². The molecule has 0 aromatic carbocycles. The maximum Gasteiger partial charge on any atom is 0.169 e. The number of hydrogen-bond acceptors (Lipinski definition) is 2. The Morgan fingerprint density at radius 2 is 2.33 bits per heavy atom. The minimum atomic E-state index is 0.638. The van der Waals surface area contributed by atoms with Crippen LogP contribution in [0.3, 0.4) is 0 Å². The highest BCUT2D eigenvalue weighted by Crippen LogP contribution is 2.20. The molecule has 3 nitrogen and oxygen atoms in total. The van der Waals surface area contributed by atoms with Gasteiger partial charge in [0, 0.05) is 6.20 Å². The SMILES string of the molecule is Cc1nc2c(Br)cc(Cl)cn2n1. The maximum atomic E-state index is 5.81. The predicted octanol–water partition coefficient (Wildman–Crippen LogP) is 2.45. The Hall–Kier alpha value is -0.610. The van der Waals surface area contributed by atoms with Crippen molar-refractivity contribution in [2.24, 2.45) is 0 Å². The zero-order valence-electron chi connectivity index (χ0n) is 6.25. The molecule has 0 aliphatic carbocycles. The van der Waals surface area contributed by atoms with Crippen molar-refractivity contribution >= 4 is 33.2 Å². The van der Waals surface area contributed by atoms with Crippen molar-refractivity contribution in [3.05, 3.63) is 27.6 Å². The molecule has 0 radical (unpaired) electrons. The Morgan fingerprint density at radius 1 is 1.58 bits per heavy atom. The normalized spacial score (nSPS) is 10.9. The second-order valence-electron chi connectivity index (χ2n) is 2.43. The molecule has 2 aromatic rings. The zero-order valence-corrected chi connectivity index (χ0v) is 8.59. The molecule has 62 valence electrons. The van der Waals surface area contributed by atoms with Crippen LogP contribution in [0.2, 0.25) is 5.02 Å². The molecule has 0 fully saturated rings. The lowest BCUT2D eigenvalue weighted by Gasteiger charge is -1.94. The van der Waals surface area contributed by atoms with Crippen molar-refractivity contribution in [2.75, 3.05) is 0 Å². The summed E-state index contributed by atoms with van der Waals surface area (Å²) < 4.78 is 2.51. The van der Waals surface area contributed by atoms with Crippen LogP contribution >= 0.6 is 27.5 Å². The summed E-state index contributed by atoms with van der Waals surface area (Å²) in [6.07, 6.45) is 1.72. The summed E-state index contributed by atoms with van der Waals surface area (Å²) in [5.41, 5.74) is 0.789. The summed E-state index contributed by atoms with van der Waals surface area (Å²) in [6, 6.07) is 1.80. The Balaban J connectivity index is 2.88. The van der Waals surface area contributed by atoms with Crippen molar-refractivity contribution in [2.45, 2.75) is 6.92 Å². The van der Waals surface area contributed by atoms with Crippen LogP contribution in [0, 0.1) is 6.92 Å². The molecule has 2 rings (SSSR count). The summed E-state index contributed by atoms with van der Waals surface area (Å²) in [6.45, 7) is 1.84. The second-order valence-corrected chi connectivity index (χ2v) is 3.72. The van der Waals surface area contributed by atoms with Gasteiger partial charge in [0.1, 0.15) is 5.82 Å². The van der Waals surface area contributed by atoms with Crippen LogP contribution < -0.4 is 0 Å². The maximum absolute atomic E-state index is 5.81. The van der Waals surface area contributed by atoms with Crippen LogP contribution in [0.4, 0.5) is 0 Å². The minimum Gasteiger partial charge on any atom is -0.218 e. The molecule has 0 aliphatic heterocycles. The largest absolute Gasteiger partial charge is 0.218 e. The van der Waals surface area contributed by atoms with Crippen molar-refractivity contribution in [3.63, 3.8) is 0 Å². The van der Waals surface area contributed by atoms with Gasteiger partial charge in [-0.25, -0.2) is 9.50 Å².